The molecule has 0 radical (unpaired) electrons. The number of H-pyrrole nitrogens is 1. The van der Waals surface area contributed by atoms with Crippen LogP contribution in [0.5, 0.6) is 0 Å². The maximum atomic E-state index is 13.6. The highest BCUT2D eigenvalue weighted by Gasteiger charge is 2.16. The molecule has 3 aromatic heterocycles. The molecule has 0 aliphatic heterocycles. The van der Waals surface area contributed by atoms with Crippen LogP contribution in [0.15, 0.2) is 76.4 Å². The second-order valence-electron chi connectivity index (χ2n) is 8.74. The number of aryl methyl sites for hydroxylation is 2. The third-order valence-corrected chi connectivity index (χ3v) is 6.94. The van der Waals surface area contributed by atoms with Gasteiger partial charge in [0, 0.05) is 34.3 Å². The number of hydrogen-bond acceptors (Lipinski definition) is 5. The molecular weight excluding hydrogens is 518 g/mol. The van der Waals surface area contributed by atoms with E-state index in [2.05, 4.69) is 72.7 Å². The van der Waals surface area contributed by atoms with Crippen LogP contribution >= 0.6 is 15.9 Å². The first-order valence-corrected chi connectivity index (χ1v) is 12.7. The molecule has 5 aromatic rings. The number of tetrazole rings is 1. The quantitative estimate of drug-likeness (QED) is 0.285. The molecule has 9 heteroatoms. The number of hydrogen-bond donors (Lipinski definition) is 1. The van der Waals surface area contributed by atoms with Crippen molar-refractivity contribution in [2.24, 2.45) is 0 Å². The van der Waals surface area contributed by atoms with Crippen molar-refractivity contribution in [3.63, 3.8) is 0 Å². The first-order valence-electron chi connectivity index (χ1n) is 11.9. The number of pyridine rings is 1. The Balaban J connectivity index is 1.49. The van der Waals surface area contributed by atoms with Gasteiger partial charge in [-0.3, -0.25) is 14.1 Å². The molecule has 0 aliphatic carbocycles. The van der Waals surface area contributed by atoms with Crippen molar-refractivity contribution >= 4 is 15.9 Å². The predicted molar refractivity (Wildman–Crippen MR) is 143 cm³/mol. The number of imidazole rings is 1. The van der Waals surface area contributed by atoms with E-state index in [1.54, 1.807) is 17.0 Å². The van der Waals surface area contributed by atoms with Gasteiger partial charge in [0.25, 0.3) is 0 Å². The van der Waals surface area contributed by atoms with Crippen molar-refractivity contribution in [1.29, 1.82) is 0 Å². The van der Waals surface area contributed by atoms with Gasteiger partial charge >= 0.3 is 5.69 Å². The number of aromatic amines is 1. The minimum Gasteiger partial charge on any atom is -0.292 e. The summed E-state index contributed by atoms with van der Waals surface area (Å²) in [6.45, 7) is 4.69. The Morgan fingerprint density at radius 1 is 1.06 bits per heavy atom. The van der Waals surface area contributed by atoms with Crippen LogP contribution in [0.4, 0.5) is 0 Å². The minimum absolute atomic E-state index is 0.0329. The summed E-state index contributed by atoms with van der Waals surface area (Å²) in [7, 11) is 0. The molecule has 0 saturated carbocycles. The molecule has 8 nitrogen and oxygen atoms in total. The van der Waals surface area contributed by atoms with E-state index in [4.69, 9.17) is 0 Å². The Labute approximate surface area is 217 Å². The normalized spacial score (nSPS) is 11.2. The van der Waals surface area contributed by atoms with E-state index in [1.807, 2.05) is 42.0 Å². The zero-order valence-corrected chi connectivity index (χ0v) is 21.7. The maximum absolute atomic E-state index is 13.6. The lowest BCUT2D eigenvalue weighted by Gasteiger charge is -2.10. The topological polar surface area (TPSA) is 94.3 Å². The largest absolute Gasteiger partial charge is 0.333 e. The van der Waals surface area contributed by atoms with Crippen molar-refractivity contribution in [1.82, 2.24) is 34.7 Å². The Hall–Kier alpha value is -3.85. The fourth-order valence-electron chi connectivity index (χ4n) is 4.42. The first-order chi connectivity index (χ1) is 17.6. The first kappa shape index (κ1) is 23.9. The van der Waals surface area contributed by atoms with Crippen molar-refractivity contribution in [2.45, 2.75) is 39.7 Å². The van der Waals surface area contributed by atoms with Gasteiger partial charge in [-0.15, -0.1) is 5.10 Å². The summed E-state index contributed by atoms with van der Waals surface area (Å²) in [5, 5.41) is 14.2. The van der Waals surface area contributed by atoms with E-state index in [-0.39, 0.29) is 5.69 Å². The molecule has 182 valence electrons. The number of para-hydroxylation sites is 1. The average molecular weight is 544 g/mol. The number of rotatable bonds is 8. The van der Waals surface area contributed by atoms with Crippen LogP contribution in [0, 0.1) is 6.92 Å². The summed E-state index contributed by atoms with van der Waals surface area (Å²) in [4.78, 5) is 17.8. The monoisotopic (exact) mass is 543 g/mol. The third-order valence-electron chi connectivity index (χ3n) is 6.30. The standard InChI is InChI=1S/C27H26BrN7O/c1-3-4-7-21-17-35(25-18(2)6-5-8-24(25)28)27(36)34(21)16-19-9-11-20(12-10-19)22-13-14-29-15-23(22)26-30-32-33-31-26/h5-6,8-15,17H,3-4,7,16H2,1-2H3,(H,30,31,32,33). The lowest BCUT2D eigenvalue weighted by Crippen LogP contribution is -2.25. The number of aromatic nitrogens is 7. The molecule has 2 aromatic carbocycles. The predicted octanol–water partition coefficient (Wildman–Crippen LogP) is 5.34. The van der Waals surface area contributed by atoms with Crippen LogP contribution in [0.3, 0.4) is 0 Å². The average Bonchev–Trinajstić information content (AvgIpc) is 3.53. The molecule has 3 heterocycles. The Bertz CT molecular complexity index is 1520. The fourth-order valence-corrected chi connectivity index (χ4v) is 5.08. The third kappa shape index (κ3) is 4.66. The number of unbranched alkanes of at least 4 members (excludes halogenated alkanes) is 1. The molecule has 0 bridgehead atoms. The summed E-state index contributed by atoms with van der Waals surface area (Å²) in [5.74, 6) is 0.568. The Morgan fingerprint density at radius 3 is 2.61 bits per heavy atom. The molecule has 0 unspecified atom stereocenters. The van der Waals surface area contributed by atoms with Gasteiger partial charge in [-0.1, -0.05) is 49.7 Å². The van der Waals surface area contributed by atoms with Crippen LogP contribution in [-0.2, 0) is 13.0 Å². The van der Waals surface area contributed by atoms with Gasteiger partial charge in [0.05, 0.1) is 12.2 Å². The van der Waals surface area contributed by atoms with Crippen molar-refractivity contribution in [2.75, 3.05) is 0 Å². The number of nitrogens with zero attached hydrogens (tertiary/aromatic N) is 6. The number of halogens is 1. The van der Waals surface area contributed by atoms with Gasteiger partial charge in [-0.2, -0.15) is 0 Å². The highest BCUT2D eigenvalue weighted by molar-refractivity contribution is 9.10. The van der Waals surface area contributed by atoms with Gasteiger partial charge in [0.1, 0.15) is 0 Å². The van der Waals surface area contributed by atoms with E-state index in [0.29, 0.717) is 12.4 Å². The molecule has 0 amide bonds. The molecule has 0 aliphatic rings. The molecule has 0 saturated heterocycles. The lowest BCUT2D eigenvalue weighted by molar-refractivity contribution is 0.673. The number of benzene rings is 2. The van der Waals surface area contributed by atoms with Gasteiger partial charge in [-0.25, -0.2) is 9.89 Å². The SMILES string of the molecule is CCCCc1cn(-c2c(C)cccc2Br)c(=O)n1Cc1ccc(-c2ccncc2-c2nnn[nH]2)cc1. The Morgan fingerprint density at radius 2 is 1.89 bits per heavy atom. The second kappa shape index (κ2) is 10.4. The summed E-state index contributed by atoms with van der Waals surface area (Å²) >= 11 is 3.63. The molecule has 5 rings (SSSR count). The van der Waals surface area contributed by atoms with E-state index in [1.165, 1.54) is 0 Å². The molecular formula is C27H26BrN7O. The molecule has 0 fully saturated rings. The van der Waals surface area contributed by atoms with Gasteiger partial charge in [0.2, 0.25) is 0 Å². The van der Waals surface area contributed by atoms with Crippen LogP contribution in [-0.4, -0.2) is 34.7 Å². The minimum atomic E-state index is -0.0329. The summed E-state index contributed by atoms with van der Waals surface area (Å²) < 4.78 is 4.57. The van der Waals surface area contributed by atoms with E-state index >= 15 is 0 Å². The van der Waals surface area contributed by atoms with Crippen LogP contribution in [0.1, 0.15) is 36.6 Å². The zero-order chi connectivity index (χ0) is 25.1. The van der Waals surface area contributed by atoms with Crippen LogP contribution in [0.2, 0.25) is 0 Å². The summed E-state index contributed by atoms with van der Waals surface area (Å²) in [6.07, 6.45) is 8.44. The maximum Gasteiger partial charge on any atom is 0.333 e. The number of nitrogens with one attached hydrogen (secondary N) is 1. The lowest BCUT2D eigenvalue weighted by atomic mass is 10.00. The second-order valence-corrected chi connectivity index (χ2v) is 9.59. The van der Waals surface area contributed by atoms with Crippen molar-refractivity contribution < 1.29 is 0 Å². The van der Waals surface area contributed by atoms with Crippen molar-refractivity contribution in [3.05, 3.63) is 98.9 Å². The highest BCUT2D eigenvalue weighted by atomic mass is 79.9. The van der Waals surface area contributed by atoms with Gasteiger partial charge in [0.15, 0.2) is 5.82 Å². The van der Waals surface area contributed by atoms with Gasteiger partial charge in [-0.05, 0) is 80.5 Å². The van der Waals surface area contributed by atoms with E-state index < -0.39 is 0 Å². The Kier molecular flexibility index (Phi) is 6.90. The molecule has 1 N–H and O–H groups in total. The van der Waals surface area contributed by atoms with E-state index in [9.17, 15) is 4.79 Å². The fraction of sp³-hybridized carbons (Fsp3) is 0.222. The summed E-state index contributed by atoms with van der Waals surface area (Å²) in [5.41, 5.74) is 6.82. The smallest absolute Gasteiger partial charge is 0.292 e. The zero-order valence-electron chi connectivity index (χ0n) is 20.1. The van der Waals surface area contributed by atoms with Crippen LogP contribution in [0.25, 0.3) is 28.2 Å². The van der Waals surface area contributed by atoms with Crippen molar-refractivity contribution in [3.8, 4) is 28.2 Å². The molecule has 36 heavy (non-hydrogen) atoms. The summed E-state index contributed by atoms with van der Waals surface area (Å²) in [6, 6.07) is 16.2. The molecule has 0 spiro atoms. The van der Waals surface area contributed by atoms with Gasteiger partial charge < -0.3 is 0 Å². The van der Waals surface area contributed by atoms with E-state index in [0.717, 1.165) is 62.9 Å². The van der Waals surface area contributed by atoms with Crippen LogP contribution < -0.4 is 5.69 Å². The highest BCUT2D eigenvalue weighted by Crippen LogP contribution is 2.29. The molecule has 0 atom stereocenters.